The number of hydrogen-bond acceptors (Lipinski definition) is 5. The molecule has 3 heterocycles. The largest absolute Gasteiger partial charge is 0.381 e. The number of piperidine rings is 1. The summed E-state index contributed by atoms with van der Waals surface area (Å²) in [5, 5.41) is 2.86. The molecule has 0 radical (unpaired) electrons. The van der Waals surface area contributed by atoms with Crippen molar-refractivity contribution in [3.05, 3.63) is 23.9 Å². The topological polar surface area (TPSA) is 97.6 Å². The van der Waals surface area contributed by atoms with Crippen LogP contribution in [0.25, 0.3) is 0 Å². The lowest BCUT2D eigenvalue weighted by Crippen LogP contribution is -2.60. The van der Waals surface area contributed by atoms with E-state index in [1.54, 1.807) is 11.0 Å². The molecule has 0 aromatic carbocycles. The Labute approximate surface area is 147 Å². The molecule has 25 heavy (non-hydrogen) atoms. The summed E-state index contributed by atoms with van der Waals surface area (Å²) in [4.78, 5) is 31.5. The minimum absolute atomic E-state index is 0.0537. The van der Waals surface area contributed by atoms with Crippen LogP contribution in [0, 0.1) is 12.8 Å². The van der Waals surface area contributed by atoms with Gasteiger partial charge in [0.2, 0.25) is 11.8 Å². The highest BCUT2D eigenvalue weighted by Crippen LogP contribution is 2.25. The molecule has 2 fully saturated rings. The number of likely N-dealkylation sites (tertiary alicyclic amines) is 1. The molecule has 0 saturated carbocycles. The summed E-state index contributed by atoms with van der Waals surface area (Å²) in [5.74, 6) is 0.173. The maximum absolute atomic E-state index is 12.8. The number of aryl methyl sites for hydroxylation is 1. The molecule has 136 valence electrons. The summed E-state index contributed by atoms with van der Waals surface area (Å²) in [6.07, 6.45) is 2.64. The van der Waals surface area contributed by atoms with Gasteiger partial charge in [-0.15, -0.1) is 0 Å². The molecule has 2 aliphatic rings. The first-order chi connectivity index (χ1) is 12.0. The number of nitrogens with zero attached hydrogens (tertiary/aromatic N) is 2. The minimum Gasteiger partial charge on any atom is -0.381 e. The van der Waals surface area contributed by atoms with Gasteiger partial charge in [0.05, 0.1) is 11.5 Å². The lowest BCUT2D eigenvalue weighted by molar-refractivity contribution is -0.143. The lowest BCUT2D eigenvalue weighted by atomic mass is 9.87. The fraction of sp³-hybridized carbons (Fsp3) is 0.611. The second-order valence-corrected chi connectivity index (χ2v) is 7.01. The Morgan fingerprint density at radius 1 is 1.36 bits per heavy atom. The molecule has 7 nitrogen and oxygen atoms in total. The molecule has 3 N–H and O–H groups in total. The van der Waals surface area contributed by atoms with Gasteiger partial charge in [0.15, 0.2) is 0 Å². The van der Waals surface area contributed by atoms with Gasteiger partial charge in [-0.05, 0) is 44.7 Å². The summed E-state index contributed by atoms with van der Waals surface area (Å²) in [5.41, 5.74) is 6.31. The van der Waals surface area contributed by atoms with E-state index in [2.05, 4.69) is 10.3 Å². The first-order valence-electron chi connectivity index (χ1n) is 8.88. The van der Waals surface area contributed by atoms with Crippen molar-refractivity contribution in [1.29, 1.82) is 0 Å². The zero-order valence-electron chi connectivity index (χ0n) is 14.7. The van der Waals surface area contributed by atoms with E-state index in [9.17, 15) is 9.59 Å². The molecule has 0 aliphatic carbocycles. The third-order valence-electron chi connectivity index (χ3n) is 5.03. The number of carbonyl (C=O) groups is 2. The van der Waals surface area contributed by atoms with Gasteiger partial charge in [0.1, 0.15) is 5.82 Å². The van der Waals surface area contributed by atoms with Gasteiger partial charge in [-0.2, -0.15) is 0 Å². The van der Waals surface area contributed by atoms with Crippen molar-refractivity contribution >= 4 is 17.6 Å². The minimum atomic E-state index is -0.852. The molecule has 1 aromatic rings. The van der Waals surface area contributed by atoms with Gasteiger partial charge >= 0.3 is 0 Å². The zero-order valence-corrected chi connectivity index (χ0v) is 14.7. The highest BCUT2D eigenvalue weighted by atomic mass is 16.5. The lowest BCUT2D eigenvalue weighted by Gasteiger charge is -2.40. The van der Waals surface area contributed by atoms with Crippen LogP contribution < -0.4 is 11.1 Å². The van der Waals surface area contributed by atoms with E-state index in [-0.39, 0.29) is 17.7 Å². The fourth-order valence-corrected chi connectivity index (χ4v) is 3.48. The molecule has 1 atom stereocenters. The fourth-order valence-electron chi connectivity index (χ4n) is 3.48. The Morgan fingerprint density at radius 3 is 2.84 bits per heavy atom. The maximum Gasteiger partial charge on any atom is 0.242 e. The van der Waals surface area contributed by atoms with E-state index in [4.69, 9.17) is 10.5 Å². The number of ether oxygens (including phenoxy) is 1. The average Bonchev–Trinajstić information content (AvgIpc) is 2.62. The number of carbonyl (C=O) groups excluding carboxylic acids is 2. The average molecular weight is 346 g/mol. The third-order valence-corrected chi connectivity index (χ3v) is 5.03. The Morgan fingerprint density at radius 2 is 2.12 bits per heavy atom. The van der Waals surface area contributed by atoms with Crippen molar-refractivity contribution < 1.29 is 14.3 Å². The molecule has 3 rings (SSSR count). The quantitative estimate of drug-likeness (QED) is 0.853. The van der Waals surface area contributed by atoms with Crippen LogP contribution in [0.2, 0.25) is 0 Å². The first kappa shape index (κ1) is 17.8. The molecular formula is C18H26N4O3. The summed E-state index contributed by atoms with van der Waals surface area (Å²) in [6.45, 7) is 3.98. The van der Waals surface area contributed by atoms with E-state index in [0.29, 0.717) is 45.0 Å². The summed E-state index contributed by atoms with van der Waals surface area (Å²) < 4.78 is 5.32. The first-order valence-corrected chi connectivity index (χ1v) is 8.88. The van der Waals surface area contributed by atoms with E-state index in [0.717, 1.165) is 18.5 Å². The molecule has 1 aromatic heterocycles. The van der Waals surface area contributed by atoms with E-state index in [1.807, 2.05) is 19.1 Å². The zero-order chi connectivity index (χ0) is 17.9. The van der Waals surface area contributed by atoms with Crippen molar-refractivity contribution in [2.45, 2.75) is 38.1 Å². The van der Waals surface area contributed by atoms with E-state index >= 15 is 0 Å². The molecule has 0 bridgehead atoms. The third kappa shape index (κ3) is 4.16. The van der Waals surface area contributed by atoms with Crippen LogP contribution in [0.3, 0.4) is 0 Å². The molecular weight excluding hydrogens is 320 g/mol. The molecule has 2 aliphatic heterocycles. The number of rotatable bonds is 3. The standard InChI is InChI=1S/C18H26N4O3/c1-13-4-2-6-15(20-13)21-16(23)14-5-3-9-22(12-14)17(24)18(19)7-10-25-11-8-18/h2,4,6,14H,3,5,7-12,19H2,1H3,(H,20,21,23). The monoisotopic (exact) mass is 346 g/mol. The molecule has 7 heteroatoms. The summed E-state index contributed by atoms with van der Waals surface area (Å²) in [7, 11) is 0. The number of pyridine rings is 1. The Kier molecular flexibility index (Phi) is 5.34. The van der Waals surface area contributed by atoms with Crippen LogP contribution in [0.4, 0.5) is 5.82 Å². The van der Waals surface area contributed by atoms with Gasteiger partial charge < -0.3 is 20.7 Å². The van der Waals surface area contributed by atoms with Crippen molar-refractivity contribution in [2.24, 2.45) is 11.7 Å². The van der Waals surface area contributed by atoms with Gasteiger partial charge in [0.25, 0.3) is 0 Å². The van der Waals surface area contributed by atoms with E-state index in [1.165, 1.54) is 0 Å². The van der Waals surface area contributed by atoms with Crippen LogP contribution in [-0.4, -0.2) is 53.5 Å². The number of anilines is 1. The predicted molar refractivity (Wildman–Crippen MR) is 93.9 cm³/mol. The molecule has 0 spiro atoms. The number of nitrogens with two attached hydrogens (primary N) is 1. The SMILES string of the molecule is Cc1cccc(NC(=O)C2CCCN(C(=O)C3(N)CCOCC3)C2)n1. The summed E-state index contributed by atoms with van der Waals surface area (Å²) >= 11 is 0. The van der Waals surface area contributed by atoms with Crippen LogP contribution in [0.15, 0.2) is 18.2 Å². The second-order valence-electron chi connectivity index (χ2n) is 7.01. The van der Waals surface area contributed by atoms with Crippen LogP contribution in [-0.2, 0) is 14.3 Å². The van der Waals surface area contributed by atoms with Crippen LogP contribution in [0.5, 0.6) is 0 Å². The Balaban J connectivity index is 1.62. The van der Waals surface area contributed by atoms with Crippen molar-refractivity contribution in [1.82, 2.24) is 9.88 Å². The molecule has 2 saturated heterocycles. The van der Waals surface area contributed by atoms with Gasteiger partial charge in [-0.1, -0.05) is 6.07 Å². The van der Waals surface area contributed by atoms with E-state index < -0.39 is 5.54 Å². The van der Waals surface area contributed by atoms with Crippen molar-refractivity contribution in [3.63, 3.8) is 0 Å². The predicted octanol–water partition coefficient (Wildman–Crippen LogP) is 1.08. The molecule has 2 amide bonds. The van der Waals surface area contributed by atoms with Crippen molar-refractivity contribution in [3.8, 4) is 0 Å². The van der Waals surface area contributed by atoms with Crippen LogP contribution in [0.1, 0.15) is 31.4 Å². The highest BCUT2D eigenvalue weighted by molar-refractivity contribution is 5.93. The number of amides is 2. The Hall–Kier alpha value is -1.99. The van der Waals surface area contributed by atoms with Gasteiger partial charge in [-0.3, -0.25) is 9.59 Å². The molecule has 1 unspecified atom stereocenters. The summed E-state index contributed by atoms with van der Waals surface area (Å²) in [6, 6.07) is 5.51. The van der Waals surface area contributed by atoms with Crippen LogP contribution >= 0.6 is 0 Å². The highest BCUT2D eigenvalue weighted by Gasteiger charge is 2.41. The number of aromatic nitrogens is 1. The van der Waals surface area contributed by atoms with Gasteiger partial charge in [-0.25, -0.2) is 4.98 Å². The Bertz CT molecular complexity index is 643. The second kappa shape index (κ2) is 7.49. The maximum atomic E-state index is 12.8. The normalized spacial score (nSPS) is 23.1. The smallest absolute Gasteiger partial charge is 0.242 e. The number of nitrogens with one attached hydrogen (secondary N) is 1. The van der Waals surface area contributed by atoms with Crippen molar-refractivity contribution in [2.75, 3.05) is 31.6 Å². The number of hydrogen-bond donors (Lipinski definition) is 2. The van der Waals surface area contributed by atoms with Gasteiger partial charge in [0, 0.05) is 32.0 Å².